The van der Waals surface area contributed by atoms with Gasteiger partial charge in [0.25, 0.3) is 5.91 Å². The van der Waals surface area contributed by atoms with Crippen molar-refractivity contribution in [2.45, 2.75) is 24.7 Å². The van der Waals surface area contributed by atoms with Crippen LogP contribution in [0.2, 0.25) is 5.02 Å². The van der Waals surface area contributed by atoms with Gasteiger partial charge in [0.05, 0.1) is 15.5 Å². The van der Waals surface area contributed by atoms with Crippen LogP contribution in [0.25, 0.3) is 0 Å². The lowest BCUT2D eigenvalue weighted by Crippen LogP contribution is -2.28. The number of carbonyl (C=O) groups excluding carboxylic acids is 2. The minimum atomic E-state index is -3.65. The largest absolute Gasteiger partial charge is 0.326 e. The van der Waals surface area contributed by atoms with E-state index in [9.17, 15) is 18.0 Å². The lowest BCUT2D eigenvalue weighted by atomic mass is 10.2. The highest BCUT2D eigenvalue weighted by atomic mass is 35.5. The number of hydrogen-bond donors (Lipinski definition) is 2. The molecule has 3 rings (SSSR count). The number of rotatable bonds is 5. The Hall–Kier alpha value is -2.42. The zero-order valence-electron chi connectivity index (χ0n) is 15.2. The lowest BCUT2D eigenvalue weighted by Gasteiger charge is -2.16. The van der Waals surface area contributed by atoms with Gasteiger partial charge in [0.2, 0.25) is 15.9 Å². The molecular formula is C19H20ClN3O4S. The molecule has 0 radical (unpaired) electrons. The fourth-order valence-corrected chi connectivity index (χ4v) is 4.70. The molecule has 0 aliphatic carbocycles. The number of amides is 2. The Morgan fingerprint density at radius 1 is 0.964 bits per heavy atom. The van der Waals surface area contributed by atoms with Crippen molar-refractivity contribution in [1.29, 1.82) is 0 Å². The summed E-state index contributed by atoms with van der Waals surface area (Å²) >= 11 is 6.13. The van der Waals surface area contributed by atoms with Crippen molar-refractivity contribution >= 4 is 44.8 Å². The molecule has 0 spiro atoms. The third-order valence-corrected chi connectivity index (χ3v) is 6.57. The number of hydrogen-bond acceptors (Lipinski definition) is 4. The number of halogens is 1. The van der Waals surface area contributed by atoms with Crippen LogP contribution in [0.15, 0.2) is 47.4 Å². The van der Waals surface area contributed by atoms with Crippen molar-refractivity contribution in [3.05, 3.63) is 53.1 Å². The van der Waals surface area contributed by atoms with Gasteiger partial charge in [0, 0.05) is 31.4 Å². The van der Waals surface area contributed by atoms with Crippen molar-refractivity contribution in [3.8, 4) is 0 Å². The second kappa shape index (κ2) is 8.30. The number of benzene rings is 2. The predicted octanol–water partition coefficient (Wildman–Crippen LogP) is 3.34. The summed E-state index contributed by atoms with van der Waals surface area (Å²) in [6.07, 6.45) is 1.66. The van der Waals surface area contributed by atoms with E-state index in [1.807, 2.05) is 0 Å². The number of nitrogens with zero attached hydrogens (tertiary/aromatic N) is 1. The average molecular weight is 422 g/mol. The summed E-state index contributed by atoms with van der Waals surface area (Å²) in [4.78, 5) is 23.7. The normalized spacial score (nSPS) is 14.6. The van der Waals surface area contributed by atoms with Crippen LogP contribution in [0.4, 0.5) is 11.4 Å². The van der Waals surface area contributed by atoms with Crippen LogP contribution in [-0.4, -0.2) is 37.6 Å². The van der Waals surface area contributed by atoms with Gasteiger partial charge in [-0.2, -0.15) is 4.31 Å². The molecule has 1 fully saturated rings. The summed E-state index contributed by atoms with van der Waals surface area (Å²) in [7, 11) is -3.65. The molecule has 0 saturated carbocycles. The summed E-state index contributed by atoms with van der Waals surface area (Å²) < 4.78 is 26.9. The lowest BCUT2D eigenvalue weighted by molar-refractivity contribution is -0.114. The van der Waals surface area contributed by atoms with E-state index in [1.54, 1.807) is 24.3 Å². The van der Waals surface area contributed by atoms with Gasteiger partial charge in [-0.3, -0.25) is 9.59 Å². The van der Waals surface area contributed by atoms with Crippen LogP contribution in [0.5, 0.6) is 0 Å². The first kappa shape index (κ1) is 20.3. The minimum Gasteiger partial charge on any atom is -0.326 e. The standard InChI is InChI=1S/C19H20ClN3O4S/c1-13(24)21-14-4-6-15(7-5-14)22-19(25)17-12-16(8-9-18(17)20)28(26,27)23-10-2-3-11-23/h4-9,12H,2-3,10-11H2,1H3,(H,21,24)(H,22,25). The van der Waals surface area contributed by atoms with Gasteiger partial charge in [-0.1, -0.05) is 11.6 Å². The van der Waals surface area contributed by atoms with Gasteiger partial charge in [-0.05, 0) is 55.3 Å². The zero-order chi connectivity index (χ0) is 20.3. The molecule has 0 aromatic heterocycles. The van der Waals surface area contributed by atoms with E-state index < -0.39 is 15.9 Å². The molecule has 2 aromatic carbocycles. The van der Waals surface area contributed by atoms with Crippen molar-refractivity contribution in [2.75, 3.05) is 23.7 Å². The highest BCUT2D eigenvalue weighted by molar-refractivity contribution is 7.89. The molecular weight excluding hydrogens is 402 g/mol. The van der Waals surface area contributed by atoms with E-state index in [0.29, 0.717) is 24.5 Å². The topological polar surface area (TPSA) is 95.6 Å². The number of sulfonamides is 1. The number of nitrogens with one attached hydrogen (secondary N) is 2. The Bertz CT molecular complexity index is 1000. The second-order valence-corrected chi connectivity index (χ2v) is 8.81. The van der Waals surface area contributed by atoms with Crippen LogP contribution in [0.1, 0.15) is 30.1 Å². The smallest absolute Gasteiger partial charge is 0.257 e. The highest BCUT2D eigenvalue weighted by Gasteiger charge is 2.28. The average Bonchev–Trinajstić information content (AvgIpc) is 3.18. The Balaban J connectivity index is 1.80. The molecule has 0 atom stereocenters. The summed E-state index contributed by atoms with van der Waals surface area (Å²) in [6.45, 7) is 2.36. The molecule has 2 aromatic rings. The molecule has 148 valence electrons. The van der Waals surface area contributed by atoms with Gasteiger partial charge in [-0.25, -0.2) is 8.42 Å². The predicted molar refractivity (Wildman–Crippen MR) is 108 cm³/mol. The van der Waals surface area contributed by atoms with E-state index in [0.717, 1.165) is 12.8 Å². The maximum Gasteiger partial charge on any atom is 0.257 e. The van der Waals surface area contributed by atoms with Crippen LogP contribution >= 0.6 is 11.6 Å². The highest BCUT2D eigenvalue weighted by Crippen LogP contribution is 2.26. The van der Waals surface area contributed by atoms with Crippen molar-refractivity contribution in [2.24, 2.45) is 0 Å². The van der Waals surface area contributed by atoms with Crippen LogP contribution in [0, 0.1) is 0 Å². The second-order valence-electron chi connectivity index (χ2n) is 6.47. The Kier molecular flexibility index (Phi) is 6.02. The Morgan fingerprint density at radius 2 is 1.54 bits per heavy atom. The molecule has 2 N–H and O–H groups in total. The molecule has 0 unspecified atom stereocenters. The Morgan fingerprint density at radius 3 is 2.11 bits per heavy atom. The van der Waals surface area contributed by atoms with E-state index in [1.165, 1.54) is 29.4 Å². The monoisotopic (exact) mass is 421 g/mol. The van der Waals surface area contributed by atoms with E-state index >= 15 is 0 Å². The van der Waals surface area contributed by atoms with E-state index in [4.69, 9.17) is 11.6 Å². The van der Waals surface area contributed by atoms with Crippen molar-refractivity contribution < 1.29 is 18.0 Å². The maximum atomic E-state index is 12.7. The van der Waals surface area contributed by atoms with Crippen molar-refractivity contribution in [1.82, 2.24) is 4.31 Å². The first-order chi connectivity index (χ1) is 13.3. The molecule has 1 aliphatic heterocycles. The SMILES string of the molecule is CC(=O)Nc1ccc(NC(=O)c2cc(S(=O)(=O)N3CCCC3)ccc2Cl)cc1. The molecule has 1 heterocycles. The molecule has 1 aliphatic rings. The molecule has 1 saturated heterocycles. The van der Waals surface area contributed by atoms with Gasteiger partial charge < -0.3 is 10.6 Å². The third-order valence-electron chi connectivity index (χ3n) is 4.35. The molecule has 0 bridgehead atoms. The van der Waals surface area contributed by atoms with Gasteiger partial charge >= 0.3 is 0 Å². The van der Waals surface area contributed by atoms with Gasteiger partial charge in [-0.15, -0.1) is 0 Å². The van der Waals surface area contributed by atoms with E-state index in [-0.39, 0.29) is 21.4 Å². The number of anilines is 2. The minimum absolute atomic E-state index is 0.0463. The first-order valence-electron chi connectivity index (χ1n) is 8.76. The zero-order valence-corrected chi connectivity index (χ0v) is 16.8. The van der Waals surface area contributed by atoms with Crippen LogP contribution < -0.4 is 10.6 Å². The van der Waals surface area contributed by atoms with Crippen LogP contribution in [-0.2, 0) is 14.8 Å². The fraction of sp³-hybridized carbons (Fsp3) is 0.263. The fourth-order valence-electron chi connectivity index (χ4n) is 2.95. The Labute approximate surface area is 168 Å². The van der Waals surface area contributed by atoms with Gasteiger partial charge in [0.15, 0.2) is 0 Å². The summed E-state index contributed by atoms with van der Waals surface area (Å²) in [5, 5.41) is 5.48. The molecule has 28 heavy (non-hydrogen) atoms. The first-order valence-corrected chi connectivity index (χ1v) is 10.6. The van der Waals surface area contributed by atoms with Gasteiger partial charge in [0.1, 0.15) is 0 Å². The van der Waals surface area contributed by atoms with Crippen LogP contribution in [0.3, 0.4) is 0 Å². The number of carbonyl (C=O) groups is 2. The third kappa shape index (κ3) is 4.52. The molecule has 2 amide bonds. The quantitative estimate of drug-likeness (QED) is 0.773. The maximum absolute atomic E-state index is 12.7. The summed E-state index contributed by atoms with van der Waals surface area (Å²) in [5.74, 6) is -0.713. The molecule has 7 nitrogen and oxygen atoms in total. The molecule has 9 heteroatoms. The van der Waals surface area contributed by atoms with E-state index in [2.05, 4.69) is 10.6 Å². The summed E-state index contributed by atoms with van der Waals surface area (Å²) in [5.41, 5.74) is 1.16. The summed E-state index contributed by atoms with van der Waals surface area (Å²) in [6, 6.07) is 10.7. The van der Waals surface area contributed by atoms with Crippen molar-refractivity contribution in [3.63, 3.8) is 0 Å².